The highest BCUT2D eigenvalue weighted by atomic mass is 127. The Bertz CT molecular complexity index is 860. The lowest BCUT2D eigenvalue weighted by molar-refractivity contribution is 0.453. The minimum Gasteiger partial charge on any atom is -0.233 e. The molecule has 1 aliphatic heterocycles. The van der Waals surface area contributed by atoms with Gasteiger partial charge in [0.25, 0.3) is 0 Å². The van der Waals surface area contributed by atoms with E-state index in [9.17, 15) is 0 Å². The highest BCUT2D eigenvalue weighted by Gasteiger charge is 2.13. The molecule has 4 rings (SSSR count). The van der Waals surface area contributed by atoms with Gasteiger partial charge in [-0.25, -0.2) is 12.9 Å². The fourth-order valence-electron chi connectivity index (χ4n) is 4.01. The second kappa shape index (κ2) is 13.9. The molecule has 0 radical (unpaired) electrons. The zero-order valence-electron chi connectivity index (χ0n) is 17.9. The van der Waals surface area contributed by atoms with Crippen LogP contribution in [0.2, 0.25) is 0 Å². The van der Waals surface area contributed by atoms with E-state index < -0.39 is 0 Å². The molecule has 1 heterocycles. The average Bonchev–Trinajstić information content (AvgIpc) is 2.83. The van der Waals surface area contributed by atoms with Gasteiger partial charge in [-0.1, -0.05) is 72.8 Å². The molecule has 3 nitrogen and oxygen atoms in total. The van der Waals surface area contributed by atoms with Crippen molar-refractivity contribution in [2.45, 2.75) is 39.3 Å². The number of hydrogen-bond acceptors (Lipinski definition) is 6. The Kier molecular flexibility index (Phi) is 11.3. The molecule has 174 valence electrons. The first kappa shape index (κ1) is 26.8. The van der Waals surface area contributed by atoms with E-state index in [2.05, 4.69) is 149 Å². The topological polar surface area (TPSA) is 9.72 Å². The molecule has 3 aromatic carbocycles. The third kappa shape index (κ3) is 8.41. The summed E-state index contributed by atoms with van der Waals surface area (Å²) < 4.78 is 7.30. The molecule has 0 N–H and O–H groups in total. The normalized spacial score (nSPS) is 16.8. The maximum Gasteiger partial charge on any atom is 0.0351 e. The molecule has 0 aromatic heterocycles. The van der Waals surface area contributed by atoms with E-state index in [1.807, 2.05) is 0 Å². The van der Waals surface area contributed by atoms with Gasteiger partial charge < -0.3 is 0 Å². The molecule has 33 heavy (non-hydrogen) atoms. The van der Waals surface area contributed by atoms with Crippen molar-refractivity contribution in [2.24, 2.45) is 0 Å². The van der Waals surface area contributed by atoms with E-state index in [1.54, 1.807) is 27.4 Å². The van der Waals surface area contributed by atoms with Crippen molar-refractivity contribution in [1.29, 1.82) is 0 Å². The Morgan fingerprint density at radius 3 is 0.818 bits per heavy atom. The Hall–Kier alpha value is 0.780. The van der Waals surface area contributed by atoms with Crippen LogP contribution in [0.15, 0.2) is 72.8 Å². The van der Waals surface area contributed by atoms with Crippen LogP contribution in [0, 0.1) is 0 Å². The van der Waals surface area contributed by atoms with Gasteiger partial charge in [-0.2, -0.15) is 0 Å². The van der Waals surface area contributed by atoms with Crippen molar-refractivity contribution in [3.8, 4) is 0 Å². The molecule has 0 fully saturated rings. The summed E-state index contributed by atoms with van der Waals surface area (Å²) >= 11 is 7.23. The molecule has 6 bridgehead atoms. The zero-order valence-corrected chi connectivity index (χ0v) is 26.8. The number of benzene rings is 3. The van der Waals surface area contributed by atoms with E-state index in [0.29, 0.717) is 0 Å². The number of halogens is 3. The smallest absolute Gasteiger partial charge is 0.0351 e. The first-order valence-corrected chi connectivity index (χ1v) is 20.4. The van der Waals surface area contributed by atoms with Crippen LogP contribution < -0.4 is 0 Å². The summed E-state index contributed by atoms with van der Waals surface area (Å²) in [5.74, 6) is 0. The first-order chi connectivity index (χ1) is 16.1. The predicted octanol–water partition coefficient (Wildman–Crippen LogP) is 9.00. The van der Waals surface area contributed by atoms with E-state index in [-0.39, 0.29) is 0 Å². The van der Waals surface area contributed by atoms with Crippen LogP contribution in [0.3, 0.4) is 0 Å². The fraction of sp³-hybridized carbons (Fsp3) is 0.250. The molecule has 0 amide bonds. The van der Waals surface area contributed by atoms with Gasteiger partial charge in [0, 0.05) is 103 Å². The summed E-state index contributed by atoms with van der Waals surface area (Å²) in [6, 6.07) is 27.2. The van der Waals surface area contributed by atoms with Gasteiger partial charge in [0.05, 0.1) is 0 Å². The molecule has 9 heteroatoms. The lowest BCUT2D eigenvalue weighted by atomic mass is 10.1. The van der Waals surface area contributed by atoms with Crippen LogP contribution in [-0.4, -0.2) is 12.9 Å². The standard InChI is InChI=1S/C24H24I3N3S3/c25-31-28-13-19-4-1-5-20(10-19)14-29(32-26)16-22-7-3-9-24(12-22)18-30(33-27)17-23-8-2-6-21(11-23)15-28/h1-12H,13-18H2. The van der Waals surface area contributed by atoms with Gasteiger partial charge in [-0.15, -0.1) is 0 Å². The summed E-state index contributed by atoms with van der Waals surface area (Å²) in [7, 11) is 5.37. The average molecular weight is 831 g/mol. The lowest BCUT2D eigenvalue weighted by Gasteiger charge is -2.23. The summed E-state index contributed by atoms with van der Waals surface area (Å²) in [5.41, 5.74) is 8.18. The van der Waals surface area contributed by atoms with Gasteiger partial charge in [0.2, 0.25) is 0 Å². The van der Waals surface area contributed by atoms with E-state index in [4.69, 9.17) is 0 Å². The highest BCUT2D eigenvalue weighted by molar-refractivity contribution is 14.2. The zero-order chi connectivity index (χ0) is 23.0. The number of hydrogen-bond donors (Lipinski definition) is 0. The number of nitrogens with zero attached hydrogens (tertiary/aromatic N) is 3. The SMILES string of the molecule is ISN1Cc2cccc(c2)CN(SI)Cc2cccc(c2)CN(SI)Cc2cccc(c2)C1. The van der Waals surface area contributed by atoms with Gasteiger partial charge in [-0.3, -0.25) is 0 Å². The monoisotopic (exact) mass is 831 g/mol. The summed E-state index contributed by atoms with van der Waals surface area (Å²) in [5, 5.41) is 0. The minimum absolute atomic E-state index is 0.931. The maximum atomic E-state index is 2.43. The van der Waals surface area contributed by atoms with Crippen LogP contribution in [0.4, 0.5) is 0 Å². The van der Waals surface area contributed by atoms with Crippen LogP contribution in [-0.2, 0) is 39.3 Å². The molecular weight excluding hydrogens is 807 g/mol. The van der Waals surface area contributed by atoms with Crippen LogP contribution in [0.1, 0.15) is 33.4 Å². The molecule has 0 spiro atoms. The molecule has 0 saturated carbocycles. The van der Waals surface area contributed by atoms with Gasteiger partial charge >= 0.3 is 0 Å². The minimum atomic E-state index is 0.931. The van der Waals surface area contributed by atoms with Crippen LogP contribution >= 0.6 is 91.0 Å². The number of rotatable bonds is 3. The second-order valence-corrected chi connectivity index (χ2v) is 13.6. The Morgan fingerprint density at radius 1 is 0.424 bits per heavy atom. The summed E-state index contributed by atoms with van der Waals surface area (Å²) in [6.07, 6.45) is 0. The van der Waals surface area contributed by atoms with E-state index >= 15 is 0 Å². The van der Waals surface area contributed by atoms with Crippen molar-refractivity contribution in [3.05, 3.63) is 106 Å². The lowest BCUT2D eigenvalue weighted by Crippen LogP contribution is -2.17. The highest BCUT2D eigenvalue weighted by Crippen LogP contribution is 2.29. The van der Waals surface area contributed by atoms with Crippen LogP contribution in [0.5, 0.6) is 0 Å². The number of fused-ring (bicyclic) bond motifs is 6. The molecule has 0 unspecified atom stereocenters. The largest absolute Gasteiger partial charge is 0.233 e. The molecule has 0 atom stereocenters. The summed E-state index contributed by atoms with van der Waals surface area (Å²) in [4.78, 5) is 0. The Morgan fingerprint density at radius 2 is 0.636 bits per heavy atom. The molecule has 0 saturated heterocycles. The van der Waals surface area contributed by atoms with Crippen molar-refractivity contribution in [2.75, 3.05) is 0 Å². The van der Waals surface area contributed by atoms with Crippen LogP contribution in [0.25, 0.3) is 0 Å². The van der Waals surface area contributed by atoms with E-state index in [0.717, 1.165) is 39.3 Å². The Balaban J connectivity index is 1.67. The Labute approximate surface area is 246 Å². The third-order valence-corrected chi connectivity index (χ3v) is 11.8. The van der Waals surface area contributed by atoms with Gasteiger partial charge in [-0.05, 0) is 60.7 Å². The molecule has 3 aromatic rings. The second-order valence-electron chi connectivity index (χ2n) is 8.06. The predicted molar refractivity (Wildman–Crippen MR) is 172 cm³/mol. The quantitative estimate of drug-likeness (QED) is 0.191. The molecule has 0 aliphatic carbocycles. The molecule has 1 aliphatic rings. The molecular formula is C24H24I3N3S3. The summed E-state index contributed by atoms with van der Waals surface area (Å²) in [6.45, 7) is 5.59. The van der Waals surface area contributed by atoms with Crippen molar-refractivity contribution < 1.29 is 0 Å². The van der Waals surface area contributed by atoms with Gasteiger partial charge in [0.15, 0.2) is 0 Å². The fourth-order valence-corrected chi connectivity index (χ4v) is 7.71. The van der Waals surface area contributed by atoms with E-state index in [1.165, 1.54) is 33.4 Å². The maximum absolute atomic E-state index is 2.43. The van der Waals surface area contributed by atoms with Crippen molar-refractivity contribution in [1.82, 2.24) is 12.9 Å². The first-order valence-electron chi connectivity index (χ1n) is 10.5. The van der Waals surface area contributed by atoms with Gasteiger partial charge in [0.1, 0.15) is 0 Å². The third-order valence-electron chi connectivity index (χ3n) is 5.42. The van der Waals surface area contributed by atoms with Crippen molar-refractivity contribution in [3.63, 3.8) is 0 Å². The van der Waals surface area contributed by atoms with Crippen molar-refractivity contribution >= 4 is 91.0 Å².